The van der Waals surface area contributed by atoms with E-state index in [2.05, 4.69) is 0 Å². The first-order chi connectivity index (χ1) is 9.77. The van der Waals surface area contributed by atoms with Crippen molar-refractivity contribution in [3.8, 4) is 0 Å². The van der Waals surface area contributed by atoms with Gasteiger partial charge in [0.1, 0.15) is 5.82 Å². The van der Waals surface area contributed by atoms with E-state index in [0.717, 1.165) is 0 Å². The van der Waals surface area contributed by atoms with Crippen LogP contribution in [0, 0.1) is 16.6 Å². The molecule has 1 aromatic rings. The van der Waals surface area contributed by atoms with Crippen LogP contribution < -0.4 is 0 Å². The summed E-state index contributed by atoms with van der Waals surface area (Å²) >= 11 is 0. The van der Waals surface area contributed by atoms with Crippen molar-refractivity contribution in [1.29, 1.82) is 0 Å². The number of halogens is 1. The smallest absolute Gasteiger partial charge is 0.313 e. The standard InChI is InChI=1S/C16H17FO4/c1-15(13(18)19)7-2-8-16(10-15,14(20)21)9-11-3-5-12(17)6-4-11/h2-6,8H,7,9-10H2,1H3,(H,18,19)(H,20,21). The molecular formula is C16H17FO4. The molecule has 0 fully saturated rings. The summed E-state index contributed by atoms with van der Waals surface area (Å²) in [6, 6.07) is 5.60. The summed E-state index contributed by atoms with van der Waals surface area (Å²) in [5, 5.41) is 18.9. The van der Waals surface area contributed by atoms with E-state index >= 15 is 0 Å². The van der Waals surface area contributed by atoms with Crippen LogP contribution in [0.4, 0.5) is 4.39 Å². The normalized spacial score (nSPS) is 28.3. The average molecular weight is 292 g/mol. The molecule has 1 aliphatic rings. The third kappa shape index (κ3) is 2.96. The maximum Gasteiger partial charge on any atom is 0.313 e. The highest BCUT2D eigenvalue weighted by Crippen LogP contribution is 2.44. The Hall–Kier alpha value is -2.17. The molecule has 0 radical (unpaired) electrons. The fraction of sp³-hybridized carbons (Fsp3) is 0.375. The third-order valence-electron chi connectivity index (χ3n) is 4.09. The van der Waals surface area contributed by atoms with Gasteiger partial charge in [0.2, 0.25) is 0 Å². The van der Waals surface area contributed by atoms with Gasteiger partial charge in [0.15, 0.2) is 0 Å². The van der Waals surface area contributed by atoms with E-state index in [1.165, 1.54) is 24.3 Å². The van der Waals surface area contributed by atoms with Gasteiger partial charge in [-0.15, -0.1) is 0 Å². The highest BCUT2D eigenvalue weighted by molar-refractivity contribution is 5.81. The van der Waals surface area contributed by atoms with Crippen molar-refractivity contribution in [1.82, 2.24) is 0 Å². The van der Waals surface area contributed by atoms with Gasteiger partial charge in [-0.25, -0.2) is 4.39 Å². The molecule has 2 unspecified atom stereocenters. The predicted octanol–water partition coefficient (Wildman–Crippen LogP) is 2.88. The summed E-state index contributed by atoms with van der Waals surface area (Å²) in [5.74, 6) is -2.45. The van der Waals surface area contributed by atoms with E-state index in [1.54, 1.807) is 19.1 Å². The van der Waals surface area contributed by atoms with Gasteiger partial charge in [0, 0.05) is 0 Å². The lowest BCUT2D eigenvalue weighted by Crippen LogP contribution is -2.42. The second kappa shape index (κ2) is 5.31. The van der Waals surface area contributed by atoms with Gasteiger partial charge in [-0.2, -0.15) is 0 Å². The number of carboxylic acids is 2. The van der Waals surface area contributed by atoms with Gasteiger partial charge in [-0.05, 0) is 43.9 Å². The Labute approximate surface area is 121 Å². The lowest BCUT2D eigenvalue weighted by Gasteiger charge is -2.38. The van der Waals surface area contributed by atoms with E-state index in [-0.39, 0.29) is 12.8 Å². The maximum absolute atomic E-state index is 12.9. The van der Waals surface area contributed by atoms with Gasteiger partial charge < -0.3 is 10.2 Å². The predicted molar refractivity (Wildman–Crippen MR) is 74.3 cm³/mol. The highest BCUT2D eigenvalue weighted by Gasteiger charge is 2.48. The number of aliphatic carboxylic acids is 2. The van der Waals surface area contributed by atoms with Crippen molar-refractivity contribution < 1.29 is 24.2 Å². The maximum atomic E-state index is 12.9. The summed E-state index contributed by atoms with van der Waals surface area (Å²) in [6.45, 7) is 1.56. The number of carboxylic acid groups (broad SMARTS) is 2. The number of allylic oxidation sites excluding steroid dienone is 1. The quantitative estimate of drug-likeness (QED) is 0.837. The van der Waals surface area contributed by atoms with E-state index in [1.807, 2.05) is 0 Å². The fourth-order valence-electron chi connectivity index (χ4n) is 2.85. The molecule has 0 saturated carbocycles. The lowest BCUT2D eigenvalue weighted by atomic mass is 9.64. The second-order valence-electron chi connectivity index (χ2n) is 5.91. The highest BCUT2D eigenvalue weighted by atomic mass is 19.1. The molecule has 0 amide bonds. The van der Waals surface area contributed by atoms with Crippen molar-refractivity contribution in [3.63, 3.8) is 0 Å². The Morgan fingerprint density at radius 2 is 1.81 bits per heavy atom. The number of hydrogen-bond donors (Lipinski definition) is 2. The number of hydrogen-bond acceptors (Lipinski definition) is 2. The Balaban J connectivity index is 2.35. The van der Waals surface area contributed by atoms with Crippen LogP contribution in [0.25, 0.3) is 0 Å². The molecule has 2 rings (SSSR count). The molecule has 4 nitrogen and oxygen atoms in total. The number of benzene rings is 1. The molecule has 1 aliphatic carbocycles. The first-order valence-electron chi connectivity index (χ1n) is 6.66. The van der Waals surface area contributed by atoms with E-state index in [9.17, 15) is 24.2 Å². The van der Waals surface area contributed by atoms with Gasteiger partial charge >= 0.3 is 11.9 Å². The van der Waals surface area contributed by atoms with Gasteiger partial charge in [-0.1, -0.05) is 24.3 Å². The first-order valence-corrected chi connectivity index (χ1v) is 6.66. The molecule has 1 aromatic carbocycles. The van der Waals surface area contributed by atoms with Crippen LogP contribution >= 0.6 is 0 Å². The Kier molecular flexibility index (Phi) is 3.85. The van der Waals surface area contributed by atoms with Crippen LogP contribution in [-0.2, 0) is 16.0 Å². The lowest BCUT2D eigenvalue weighted by molar-refractivity contribution is -0.155. The second-order valence-corrected chi connectivity index (χ2v) is 5.91. The van der Waals surface area contributed by atoms with Crippen LogP contribution in [0.2, 0.25) is 0 Å². The molecule has 0 saturated heterocycles. The summed E-state index contributed by atoms with van der Waals surface area (Å²) in [4.78, 5) is 23.1. The molecule has 2 N–H and O–H groups in total. The molecule has 0 heterocycles. The summed E-state index contributed by atoms with van der Waals surface area (Å²) < 4.78 is 12.9. The molecular weight excluding hydrogens is 275 g/mol. The summed E-state index contributed by atoms with van der Waals surface area (Å²) in [6.07, 6.45) is 3.65. The molecule has 112 valence electrons. The Morgan fingerprint density at radius 3 is 2.33 bits per heavy atom. The zero-order valence-corrected chi connectivity index (χ0v) is 11.7. The Morgan fingerprint density at radius 1 is 1.19 bits per heavy atom. The van der Waals surface area contributed by atoms with Crippen LogP contribution in [0.5, 0.6) is 0 Å². The average Bonchev–Trinajstić information content (AvgIpc) is 2.41. The third-order valence-corrected chi connectivity index (χ3v) is 4.09. The minimum absolute atomic E-state index is 0.0124. The minimum atomic E-state index is -1.27. The molecule has 21 heavy (non-hydrogen) atoms. The SMILES string of the molecule is CC1(C(=O)O)CC=CC(Cc2ccc(F)cc2)(C(=O)O)C1. The number of carbonyl (C=O) groups is 2. The fourth-order valence-corrected chi connectivity index (χ4v) is 2.85. The zero-order chi connectivity index (χ0) is 15.7. The number of rotatable bonds is 4. The molecule has 0 aromatic heterocycles. The van der Waals surface area contributed by atoms with Crippen LogP contribution in [0.3, 0.4) is 0 Å². The minimum Gasteiger partial charge on any atom is -0.481 e. The monoisotopic (exact) mass is 292 g/mol. The van der Waals surface area contributed by atoms with Gasteiger partial charge in [-0.3, -0.25) is 9.59 Å². The van der Waals surface area contributed by atoms with Crippen molar-refractivity contribution in [2.75, 3.05) is 0 Å². The molecule has 0 spiro atoms. The van der Waals surface area contributed by atoms with Gasteiger partial charge in [0.05, 0.1) is 10.8 Å². The largest absolute Gasteiger partial charge is 0.481 e. The first kappa shape index (κ1) is 15.2. The van der Waals surface area contributed by atoms with Crippen LogP contribution in [-0.4, -0.2) is 22.2 Å². The van der Waals surface area contributed by atoms with Crippen molar-refractivity contribution in [2.45, 2.75) is 26.2 Å². The van der Waals surface area contributed by atoms with E-state index < -0.39 is 28.6 Å². The zero-order valence-electron chi connectivity index (χ0n) is 11.7. The van der Waals surface area contributed by atoms with Crippen molar-refractivity contribution in [2.24, 2.45) is 10.8 Å². The van der Waals surface area contributed by atoms with Crippen molar-refractivity contribution in [3.05, 3.63) is 47.8 Å². The summed E-state index contributed by atoms with van der Waals surface area (Å²) in [7, 11) is 0. The van der Waals surface area contributed by atoms with Crippen LogP contribution in [0.15, 0.2) is 36.4 Å². The molecule has 0 aliphatic heterocycles. The van der Waals surface area contributed by atoms with E-state index in [4.69, 9.17) is 0 Å². The van der Waals surface area contributed by atoms with E-state index in [0.29, 0.717) is 12.0 Å². The molecule has 0 bridgehead atoms. The topological polar surface area (TPSA) is 74.6 Å². The van der Waals surface area contributed by atoms with Gasteiger partial charge in [0.25, 0.3) is 0 Å². The Bertz CT molecular complexity index is 593. The summed E-state index contributed by atoms with van der Waals surface area (Å²) in [5.41, 5.74) is -1.71. The van der Waals surface area contributed by atoms with Crippen molar-refractivity contribution >= 4 is 11.9 Å². The molecule has 5 heteroatoms. The van der Waals surface area contributed by atoms with Crippen LogP contribution in [0.1, 0.15) is 25.3 Å². The molecule has 2 atom stereocenters.